The molecule has 1 saturated heterocycles. The second-order valence-electron chi connectivity index (χ2n) is 5.47. The number of ether oxygens (including phenoxy) is 1. The fourth-order valence-electron chi connectivity index (χ4n) is 2.66. The smallest absolute Gasteiger partial charge is 0.0639 e. The molecule has 0 saturated carbocycles. The van der Waals surface area contributed by atoms with Gasteiger partial charge < -0.3 is 10.1 Å². The highest BCUT2D eigenvalue weighted by Gasteiger charge is 2.30. The first kappa shape index (κ1) is 14.0. The minimum Gasteiger partial charge on any atom is -0.378 e. The molecule has 0 bridgehead atoms. The maximum Gasteiger partial charge on any atom is 0.0639 e. The Hall–Kier alpha value is -0.0800. The van der Waals surface area contributed by atoms with Crippen molar-refractivity contribution in [1.29, 1.82) is 0 Å². The summed E-state index contributed by atoms with van der Waals surface area (Å²) in [5, 5.41) is 3.63. The van der Waals surface area contributed by atoms with Crippen LogP contribution in [-0.4, -0.2) is 25.8 Å². The van der Waals surface area contributed by atoms with Crippen LogP contribution < -0.4 is 5.32 Å². The predicted molar refractivity (Wildman–Crippen MR) is 69.6 cm³/mol. The van der Waals surface area contributed by atoms with Gasteiger partial charge in [0.1, 0.15) is 0 Å². The molecule has 0 aliphatic carbocycles. The lowest BCUT2D eigenvalue weighted by Crippen LogP contribution is -2.33. The summed E-state index contributed by atoms with van der Waals surface area (Å²) >= 11 is 0. The normalized spacial score (nSPS) is 25.9. The van der Waals surface area contributed by atoms with Crippen LogP contribution in [0, 0.1) is 17.8 Å². The highest BCUT2D eigenvalue weighted by molar-refractivity contribution is 4.80. The molecule has 1 aliphatic rings. The van der Waals surface area contributed by atoms with Crippen LogP contribution in [-0.2, 0) is 4.74 Å². The molecule has 2 unspecified atom stereocenters. The second kappa shape index (κ2) is 7.29. The van der Waals surface area contributed by atoms with Gasteiger partial charge in [0.2, 0.25) is 0 Å². The van der Waals surface area contributed by atoms with Gasteiger partial charge in [-0.15, -0.1) is 0 Å². The van der Waals surface area contributed by atoms with E-state index in [1.54, 1.807) is 0 Å². The monoisotopic (exact) mass is 227 g/mol. The van der Waals surface area contributed by atoms with Crippen molar-refractivity contribution in [2.24, 2.45) is 17.8 Å². The Kier molecular flexibility index (Phi) is 6.37. The molecule has 16 heavy (non-hydrogen) atoms. The quantitative estimate of drug-likeness (QED) is 0.721. The van der Waals surface area contributed by atoms with Gasteiger partial charge >= 0.3 is 0 Å². The summed E-state index contributed by atoms with van der Waals surface area (Å²) in [6.45, 7) is 12.4. The average molecular weight is 227 g/mol. The summed E-state index contributed by atoms with van der Waals surface area (Å²) in [6, 6.07) is 0. The van der Waals surface area contributed by atoms with E-state index in [9.17, 15) is 0 Å². The molecule has 0 aromatic rings. The van der Waals surface area contributed by atoms with Gasteiger partial charge in [0.05, 0.1) is 6.10 Å². The van der Waals surface area contributed by atoms with E-state index in [4.69, 9.17) is 4.74 Å². The van der Waals surface area contributed by atoms with Crippen LogP contribution in [0.2, 0.25) is 0 Å². The Labute approximate surface area is 101 Å². The number of hydrogen-bond acceptors (Lipinski definition) is 2. The molecule has 0 amide bonds. The fourth-order valence-corrected chi connectivity index (χ4v) is 2.66. The molecule has 2 nitrogen and oxygen atoms in total. The standard InChI is InChI=1S/C14H29NO/c1-5-12(6-2)9-15-10-13-7-8-16-14(13)11(3)4/h11-15H,5-10H2,1-4H3. The molecule has 0 aromatic heterocycles. The van der Waals surface area contributed by atoms with Gasteiger partial charge in [-0.1, -0.05) is 40.5 Å². The summed E-state index contributed by atoms with van der Waals surface area (Å²) in [7, 11) is 0. The Bertz CT molecular complexity index is 178. The van der Waals surface area contributed by atoms with Gasteiger partial charge in [0.15, 0.2) is 0 Å². The van der Waals surface area contributed by atoms with Crippen molar-refractivity contribution in [2.75, 3.05) is 19.7 Å². The lowest BCUT2D eigenvalue weighted by atomic mass is 9.93. The topological polar surface area (TPSA) is 21.3 Å². The fraction of sp³-hybridized carbons (Fsp3) is 1.00. The first-order valence-corrected chi connectivity index (χ1v) is 7.01. The summed E-state index contributed by atoms with van der Waals surface area (Å²) in [5.74, 6) is 2.23. The van der Waals surface area contributed by atoms with Gasteiger partial charge in [-0.2, -0.15) is 0 Å². The van der Waals surface area contributed by atoms with Crippen LogP contribution in [0.15, 0.2) is 0 Å². The third-order valence-corrected chi connectivity index (χ3v) is 3.91. The Morgan fingerprint density at radius 1 is 1.25 bits per heavy atom. The van der Waals surface area contributed by atoms with E-state index in [-0.39, 0.29) is 0 Å². The van der Waals surface area contributed by atoms with E-state index in [0.717, 1.165) is 25.0 Å². The van der Waals surface area contributed by atoms with Crippen LogP contribution >= 0.6 is 0 Å². The summed E-state index contributed by atoms with van der Waals surface area (Å²) < 4.78 is 5.80. The van der Waals surface area contributed by atoms with E-state index in [0.29, 0.717) is 12.0 Å². The average Bonchev–Trinajstić information content (AvgIpc) is 2.72. The van der Waals surface area contributed by atoms with Crippen LogP contribution in [0.1, 0.15) is 47.0 Å². The largest absolute Gasteiger partial charge is 0.378 e. The van der Waals surface area contributed by atoms with Crippen molar-refractivity contribution < 1.29 is 4.74 Å². The van der Waals surface area contributed by atoms with Gasteiger partial charge in [0, 0.05) is 13.2 Å². The molecule has 0 spiro atoms. The molecule has 2 atom stereocenters. The molecule has 1 fully saturated rings. The lowest BCUT2D eigenvalue weighted by molar-refractivity contribution is 0.0538. The molecule has 0 aromatic carbocycles. The maximum atomic E-state index is 5.80. The molecule has 1 aliphatic heterocycles. The minimum atomic E-state index is 0.481. The second-order valence-corrected chi connectivity index (χ2v) is 5.47. The predicted octanol–water partition coefficient (Wildman–Crippen LogP) is 3.07. The van der Waals surface area contributed by atoms with Crippen LogP contribution in [0.3, 0.4) is 0 Å². The Balaban J connectivity index is 2.21. The molecule has 2 heteroatoms. The molecular formula is C14H29NO. The van der Waals surface area contributed by atoms with Crippen LogP contribution in [0.5, 0.6) is 0 Å². The molecule has 96 valence electrons. The van der Waals surface area contributed by atoms with Gasteiger partial charge in [-0.25, -0.2) is 0 Å². The number of hydrogen-bond donors (Lipinski definition) is 1. The summed E-state index contributed by atoms with van der Waals surface area (Å²) in [4.78, 5) is 0. The number of nitrogens with one attached hydrogen (secondary N) is 1. The first-order chi connectivity index (χ1) is 7.69. The van der Waals surface area contributed by atoms with Crippen molar-refractivity contribution >= 4 is 0 Å². The molecule has 0 radical (unpaired) electrons. The van der Waals surface area contributed by atoms with E-state index in [2.05, 4.69) is 33.0 Å². The van der Waals surface area contributed by atoms with Crippen molar-refractivity contribution in [2.45, 2.75) is 53.1 Å². The highest BCUT2D eigenvalue weighted by atomic mass is 16.5. The third-order valence-electron chi connectivity index (χ3n) is 3.91. The molecular weight excluding hydrogens is 198 g/mol. The third kappa shape index (κ3) is 4.06. The highest BCUT2D eigenvalue weighted by Crippen LogP contribution is 2.26. The maximum absolute atomic E-state index is 5.80. The summed E-state index contributed by atoms with van der Waals surface area (Å²) in [6.07, 6.45) is 4.30. The zero-order valence-corrected chi connectivity index (χ0v) is 11.5. The van der Waals surface area contributed by atoms with Crippen LogP contribution in [0.4, 0.5) is 0 Å². The number of rotatable bonds is 7. The van der Waals surface area contributed by atoms with Crippen molar-refractivity contribution in [3.63, 3.8) is 0 Å². The summed E-state index contributed by atoms with van der Waals surface area (Å²) in [5.41, 5.74) is 0. The van der Waals surface area contributed by atoms with E-state index in [1.165, 1.54) is 25.8 Å². The zero-order chi connectivity index (χ0) is 12.0. The van der Waals surface area contributed by atoms with Crippen molar-refractivity contribution in [3.8, 4) is 0 Å². The zero-order valence-electron chi connectivity index (χ0n) is 11.5. The molecule has 1 rings (SSSR count). The molecule has 1 heterocycles. The van der Waals surface area contributed by atoms with Gasteiger partial charge in [-0.3, -0.25) is 0 Å². The van der Waals surface area contributed by atoms with Gasteiger partial charge in [0.25, 0.3) is 0 Å². The minimum absolute atomic E-state index is 0.481. The van der Waals surface area contributed by atoms with E-state index in [1.807, 2.05) is 0 Å². The SMILES string of the molecule is CCC(CC)CNCC1CCOC1C(C)C. The van der Waals surface area contributed by atoms with E-state index < -0.39 is 0 Å². The Morgan fingerprint density at radius 3 is 2.50 bits per heavy atom. The van der Waals surface area contributed by atoms with Crippen molar-refractivity contribution in [3.05, 3.63) is 0 Å². The van der Waals surface area contributed by atoms with Gasteiger partial charge in [-0.05, 0) is 30.7 Å². The Morgan fingerprint density at radius 2 is 1.94 bits per heavy atom. The van der Waals surface area contributed by atoms with Crippen molar-refractivity contribution in [1.82, 2.24) is 5.32 Å². The van der Waals surface area contributed by atoms with E-state index >= 15 is 0 Å². The molecule has 1 N–H and O–H groups in total. The first-order valence-electron chi connectivity index (χ1n) is 7.01. The lowest BCUT2D eigenvalue weighted by Gasteiger charge is -2.23. The van der Waals surface area contributed by atoms with Crippen LogP contribution in [0.25, 0.3) is 0 Å².